The van der Waals surface area contributed by atoms with Gasteiger partial charge in [-0.1, -0.05) is 6.07 Å². The fourth-order valence-electron chi connectivity index (χ4n) is 3.87. The Hall–Kier alpha value is -1.39. The van der Waals surface area contributed by atoms with E-state index >= 15 is 0 Å². The summed E-state index contributed by atoms with van der Waals surface area (Å²) >= 11 is 0. The molecule has 2 aromatic rings. The Kier molecular flexibility index (Phi) is 3.89. The van der Waals surface area contributed by atoms with Crippen LogP contribution in [0.3, 0.4) is 0 Å². The maximum absolute atomic E-state index is 5.52. The van der Waals surface area contributed by atoms with Crippen molar-refractivity contribution in [2.24, 2.45) is 5.92 Å². The fraction of sp³-hybridized carbons (Fsp3) is 0.611. The van der Waals surface area contributed by atoms with Crippen LogP contribution in [0.25, 0.3) is 11.0 Å². The molecular weight excluding hydrogens is 274 g/mol. The van der Waals surface area contributed by atoms with Gasteiger partial charge in [0.1, 0.15) is 5.82 Å². The predicted molar refractivity (Wildman–Crippen MR) is 88.2 cm³/mol. The standard InChI is InChI=1S/C18H25N3O/c1-13-4-5-16-17(9-13)20-18(19-16)15-3-2-7-21(11-15)10-14-6-8-22-12-14/h4-5,9,14-15H,2-3,6-8,10-12H2,1H3,(H,19,20)/t14-,15-/m1/s1. The predicted octanol–water partition coefficient (Wildman–Crippen LogP) is 3.09. The van der Waals surface area contributed by atoms with Crippen molar-refractivity contribution in [1.82, 2.24) is 14.9 Å². The summed E-state index contributed by atoms with van der Waals surface area (Å²) in [7, 11) is 0. The van der Waals surface area contributed by atoms with Gasteiger partial charge in [0.2, 0.25) is 0 Å². The average Bonchev–Trinajstić information content (AvgIpc) is 3.16. The summed E-state index contributed by atoms with van der Waals surface area (Å²) < 4.78 is 5.52. The highest BCUT2D eigenvalue weighted by Gasteiger charge is 2.26. The first-order chi connectivity index (χ1) is 10.8. The van der Waals surface area contributed by atoms with Gasteiger partial charge in [-0.25, -0.2) is 4.98 Å². The Morgan fingerprint density at radius 2 is 2.32 bits per heavy atom. The summed E-state index contributed by atoms with van der Waals surface area (Å²) in [6.07, 6.45) is 3.75. The van der Waals surface area contributed by atoms with Crippen molar-refractivity contribution in [3.63, 3.8) is 0 Å². The van der Waals surface area contributed by atoms with E-state index in [4.69, 9.17) is 9.72 Å². The summed E-state index contributed by atoms with van der Waals surface area (Å²) in [5.41, 5.74) is 3.56. The number of rotatable bonds is 3. The van der Waals surface area contributed by atoms with Crippen molar-refractivity contribution in [1.29, 1.82) is 0 Å². The SMILES string of the molecule is Cc1ccc2nc([C@@H]3CCCN(C[C@H]4CCOC4)C3)[nH]c2c1. The van der Waals surface area contributed by atoms with Gasteiger partial charge in [-0.2, -0.15) is 0 Å². The van der Waals surface area contributed by atoms with Gasteiger partial charge in [-0.05, 0) is 56.3 Å². The molecule has 1 N–H and O–H groups in total. The van der Waals surface area contributed by atoms with Gasteiger partial charge < -0.3 is 14.6 Å². The van der Waals surface area contributed by atoms with Crippen LogP contribution in [0.1, 0.15) is 36.6 Å². The van der Waals surface area contributed by atoms with Gasteiger partial charge in [0.15, 0.2) is 0 Å². The van der Waals surface area contributed by atoms with Crippen molar-refractivity contribution in [3.8, 4) is 0 Å². The lowest BCUT2D eigenvalue weighted by Crippen LogP contribution is -2.38. The van der Waals surface area contributed by atoms with Crippen LogP contribution in [-0.4, -0.2) is 47.7 Å². The van der Waals surface area contributed by atoms with Gasteiger partial charge in [0.05, 0.1) is 17.6 Å². The molecule has 1 aromatic heterocycles. The van der Waals surface area contributed by atoms with Gasteiger partial charge in [0, 0.05) is 25.6 Å². The van der Waals surface area contributed by atoms with E-state index in [0.717, 1.165) is 31.2 Å². The van der Waals surface area contributed by atoms with Gasteiger partial charge in [0.25, 0.3) is 0 Å². The summed E-state index contributed by atoms with van der Waals surface area (Å²) in [6, 6.07) is 6.46. The zero-order chi connectivity index (χ0) is 14.9. The molecule has 4 heteroatoms. The summed E-state index contributed by atoms with van der Waals surface area (Å²) in [5.74, 6) is 2.45. The van der Waals surface area contributed by atoms with E-state index in [1.54, 1.807) is 0 Å². The van der Waals surface area contributed by atoms with E-state index in [9.17, 15) is 0 Å². The van der Waals surface area contributed by atoms with Crippen molar-refractivity contribution in [3.05, 3.63) is 29.6 Å². The second-order valence-electron chi connectivity index (χ2n) is 6.97. The molecule has 3 heterocycles. The Labute approximate surface area is 131 Å². The van der Waals surface area contributed by atoms with Crippen molar-refractivity contribution >= 4 is 11.0 Å². The molecule has 0 bridgehead atoms. The quantitative estimate of drug-likeness (QED) is 0.947. The van der Waals surface area contributed by atoms with Gasteiger partial charge in [-0.15, -0.1) is 0 Å². The molecule has 0 spiro atoms. The van der Waals surface area contributed by atoms with Gasteiger partial charge >= 0.3 is 0 Å². The van der Waals surface area contributed by atoms with Crippen LogP contribution in [0.15, 0.2) is 18.2 Å². The molecule has 4 nitrogen and oxygen atoms in total. The molecular formula is C18H25N3O. The molecule has 2 fully saturated rings. The average molecular weight is 299 g/mol. The number of imidazole rings is 1. The third kappa shape index (κ3) is 2.90. The first-order valence-corrected chi connectivity index (χ1v) is 8.54. The van der Waals surface area contributed by atoms with E-state index in [2.05, 4.69) is 35.0 Å². The number of ether oxygens (including phenoxy) is 1. The number of nitrogens with one attached hydrogen (secondary N) is 1. The number of likely N-dealkylation sites (tertiary alicyclic amines) is 1. The molecule has 2 aliphatic heterocycles. The lowest BCUT2D eigenvalue weighted by molar-refractivity contribution is 0.149. The van der Waals surface area contributed by atoms with Crippen LogP contribution < -0.4 is 0 Å². The van der Waals surface area contributed by atoms with Crippen LogP contribution >= 0.6 is 0 Å². The maximum Gasteiger partial charge on any atom is 0.111 e. The summed E-state index contributed by atoms with van der Waals surface area (Å²) in [4.78, 5) is 11.0. The minimum absolute atomic E-state index is 0.545. The monoisotopic (exact) mass is 299 g/mol. The largest absolute Gasteiger partial charge is 0.381 e. The van der Waals surface area contributed by atoms with E-state index in [1.807, 2.05) is 0 Å². The Bertz CT molecular complexity index is 645. The lowest BCUT2D eigenvalue weighted by atomic mass is 9.96. The topological polar surface area (TPSA) is 41.2 Å². The molecule has 2 saturated heterocycles. The highest BCUT2D eigenvalue weighted by molar-refractivity contribution is 5.75. The molecule has 1 aromatic carbocycles. The zero-order valence-electron chi connectivity index (χ0n) is 13.3. The molecule has 0 radical (unpaired) electrons. The first-order valence-electron chi connectivity index (χ1n) is 8.54. The smallest absolute Gasteiger partial charge is 0.111 e. The second kappa shape index (κ2) is 6.01. The van der Waals surface area contributed by atoms with Crippen molar-refractivity contribution < 1.29 is 4.74 Å². The zero-order valence-corrected chi connectivity index (χ0v) is 13.3. The molecule has 0 saturated carbocycles. The Morgan fingerprint density at radius 3 is 3.18 bits per heavy atom. The van der Waals surface area contributed by atoms with Crippen LogP contribution in [0.4, 0.5) is 0 Å². The normalized spacial score (nSPS) is 26.8. The number of benzene rings is 1. The van der Waals surface area contributed by atoms with E-state index in [1.165, 1.54) is 49.3 Å². The number of piperidine rings is 1. The fourth-order valence-corrected chi connectivity index (χ4v) is 3.87. The van der Waals surface area contributed by atoms with Crippen LogP contribution in [0.5, 0.6) is 0 Å². The summed E-state index contributed by atoms with van der Waals surface area (Å²) in [6.45, 7) is 7.58. The highest BCUT2D eigenvalue weighted by atomic mass is 16.5. The minimum atomic E-state index is 0.545. The summed E-state index contributed by atoms with van der Waals surface area (Å²) in [5, 5.41) is 0. The first kappa shape index (κ1) is 14.2. The second-order valence-corrected chi connectivity index (χ2v) is 6.97. The molecule has 0 unspecified atom stereocenters. The maximum atomic E-state index is 5.52. The Morgan fingerprint density at radius 1 is 1.36 bits per heavy atom. The molecule has 4 rings (SSSR count). The van der Waals surface area contributed by atoms with Crippen LogP contribution in [0.2, 0.25) is 0 Å². The van der Waals surface area contributed by atoms with Crippen molar-refractivity contribution in [2.75, 3.05) is 32.8 Å². The van der Waals surface area contributed by atoms with Gasteiger partial charge in [-0.3, -0.25) is 0 Å². The molecule has 118 valence electrons. The number of hydrogen-bond acceptors (Lipinski definition) is 3. The number of aromatic nitrogens is 2. The molecule has 2 atom stereocenters. The van der Waals surface area contributed by atoms with E-state index in [0.29, 0.717) is 5.92 Å². The minimum Gasteiger partial charge on any atom is -0.381 e. The van der Waals surface area contributed by atoms with Crippen molar-refractivity contribution in [2.45, 2.75) is 32.1 Å². The third-order valence-corrected chi connectivity index (χ3v) is 5.09. The van der Waals surface area contributed by atoms with Crippen LogP contribution in [-0.2, 0) is 4.74 Å². The molecule has 0 aliphatic carbocycles. The Balaban J connectivity index is 1.48. The number of nitrogens with zero attached hydrogens (tertiary/aromatic N) is 2. The lowest BCUT2D eigenvalue weighted by Gasteiger charge is -2.33. The highest BCUT2D eigenvalue weighted by Crippen LogP contribution is 2.28. The van der Waals surface area contributed by atoms with E-state index < -0.39 is 0 Å². The third-order valence-electron chi connectivity index (χ3n) is 5.09. The molecule has 2 aliphatic rings. The van der Waals surface area contributed by atoms with Crippen LogP contribution in [0, 0.1) is 12.8 Å². The van der Waals surface area contributed by atoms with E-state index in [-0.39, 0.29) is 0 Å². The number of fused-ring (bicyclic) bond motifs is 1. The number of hydrogen-bond donors (Lipinski definition) is 1. The molecule has 22 heavy (non-hydrogen) atoms. The molecule has 0 amide bonds. The number of aryl methyl sites for hydroxylation is 1. The number of aromatic amines is 1. The number of H-pyrrole nitrogens is 1.